The van der Waals surface area contributed by atoms with Gasteiger partial charge in [-0.15, -0.1) is 0 Å². The van der Waals surface area contributed by atoms with E-state index >= 15 is 0 Å². The molecule has 0 atom stereocenters. The molecule has 0 aliphatic heterocycles. The van der Waals surface area contributed by atoms with Crippen LogP contribution >= 0.6 is 0 Å². The average Bonchev–Trinajstić information content (AvgIpc) is 2.65. The van der Waals surface area contributed by atoms with Crippen LogP contribution in [-0.2, 0) is 26.0 Å². The molecule has 0 aliphatic carbocycles. The summed E-state index contributed by atoms with van der Waals surface area (Å²) in [7, 11) is -3.98. The maximum absolute atomic E-state index is 13.1. The van der Waals surface area contributed by atoms with Gasteiger partial charge in [0, 0.05) is 18.8 Å². The van der Waals surface area contributed by atoms with Gasteiger partial charge < -0.3 is 10.6 Å². The molecule has 2 amide bonds. The van der Waals surface area contributed by atoms with E-state index in [1.54, 1.807) is 11.4 Å². The molecule has 0 radical (unpaired) electrons. The second-order valence-corrected chi connectivity index (χ2v) is 7.80. The van der Waals surface area contributed by atoms with Gasteiger partial charge in [0.25, 0.3) is 0 Å². The Morgan fingerprint density at radius 2 is 1.63 bits per heavy atom. The van der Waals surface area contributed by atoms with Gasteiger partial charge in [-0.1, -0.05) is 12.1 Å². The van der Waals surface area contributed by atoms with Gasteiger partial charge in [-0.25, -0.2) is 17.5 Å². The molecule has 0 saturated heterocycles. The third-order valence-corrected chi connectivity index (χ3v) is 5.15. The van der Waals surface area contributed by atoms with Crippen LogP contribution in [0, 0.1) is 5.82 Å². The van der Waals surface area contributed by atoms with Gasteiger partial charge in [-0.3, -0.25) is 9.59 Å². The molecule has 0 bridgehead atoms. The summed E-state index contributed by atoms with van der Waals surface area (Å²) in [6, 6.07) is 9.57. The van der Waals surface area contributed by atoms with Crippen LogP contribution in [0.5, 0.6) is 0 Å². The number of alkyl halides is 3. The lowest BCUT2D eigenvalue weighted by molar-refractivity contribution is -0.167. The third kappa shape index (κ3) is 7.12. The highest BCUT2D eigenvalue weighted by molar-refractivity contribution is 7.89. The van der Waals surface area contributed by atoms with Gasteiger partial charge in [0.05, 0.1) is 11.3 Å². The lowest BCUT2D eigenvalue weighted by Gasteiger charge is -2.10. The predicted octanol–water partition coefficient (Wildman–Crippen LogP) is 1.96. The first-order valence-corrected chi connectivity index (χ1v) is 9.95. The summed E-state index contributed by atoms with van der Waals surface area (Å²) < 4.78 is 76.3. The Hall–Kier alpha value is -2.99. The second-order valence-electron chi connectivity index (χ2n) is 6.03. The van der Waals surface area contributed by atoms with E-state index in [0.717, 1.165) is 24.3 Å². The van der Waals surface area contributed by atoms with E-state index in [9.17, 15) is 35.6 Å². The summed E-state index contributed by atoms with van der Waals surface area (Å²) in [4.78, 5) is 22.4. The van der Waals surface area contributed by atoms with Crippen molar-refractivity contribution in [3.8, 4) is 0 Å². The minimum Gasteiger partial charge on any atom is -0.355 e. The van der Waals surface area contributed by atoms with Crippen LogP contribution in [0.15, 0.2) is 53.4 Å². The number of amides is 2. The topological polar surface area (TPSA) is 104 Å². The molecule has 162 valence electrons. The number of hydrogen-bond acceptors (Lipinski definition) is 4. The molecule has 2 aromatic rings. The molecule has 0 unspecified atom stereocenters. The molecular formula is C18H17F4N3O4S. The Morgan fingerprint density at radius 1 is 0.967 bits per heavy atom. The smallest absolute Gasteiger partial charge is 0.355 e. The minimum absolute atomic E-state index is 0.0346. The first-order valence-electron chi connectivity index (χ1n) is 8.46. The summed E-state index contributed by atoms with van der Waals surface area (Å²) in [6.45, 7) is -0.184. The number of anilines is 1. The van der Waals surface area contributed by atoms with Crippen LogP contribution in [0.1, 0.15) is 5.56 Å². The lowest BCUT2D eigenvalue weighted by atomic mass is 10.1. The minimum atomic E-state index is -5.06. The molecule has 0 aromatic heterocycles. The maximum Gasteiger partial charge on any atom is 0.471 e. The highest BCUT2D eigenvalue weighted by Gasteiger charge is 2.38. The van der Waals surface area contributed by atoms with Crippen molar-refractivity contribution < 1.29 is 35.6 Å². The monoisotopic (exact) mass is 447 g/mol. The van der Waals surface area contributed by atoms with E-state index in [2.05, 4.69) is 10.0 Å². The molecular weight excluding hydrogens is 430 g/mol. The van der Waals surface area contributed by atoms with Crippen LogP contribution in [-0.4, -0.2) is 39.5 Å². The third-order valence-electron chi connectivity index (χ3n) is 3.67. The number of benzene rings is 2. The molecule has 30 heavy (non-hydrogen) atoms. The lowest BCUT2D eigenvalue weighted by Crippen LogP contribution is -2.35. The maximum atomic E-state index is 13.1. The first kappa shape index (κ1) is 23.3. The van der Waals surface area contributed by atoms with Crippen molar-refractivity contribution in [2.24, 2.45) is 0 Å². The first-order chi connectivity index (χ1) is 14.0. The molecule has 12 heteroatoms. The summed E-state index contributed by atoms with van der Waals surface area (Å²) in [5.74, 6) is -3.08. The summed E-state index contributed by atoms with van der Waals surface area (Å²) in [5.41, 5.74) is 0.242. The van der Waals surface area contributed by atoms with E-state index in [4.69, 9.17) is 0 Å². The van der Waals surface area contributed by atoms with Gasteiger partial charge in [0.2, 0.25) is 15.9 Å². The molecule has 7 nitrogen and oxygen atoms in total. The zero-order chi connectivity index (χ0) is 22.4. The molecule has 2 aromatic carbocycles. The number of carbonyl (C=O) groups excluding carboxylic acids is 2. The predicted molar refractivity (Wildman–Crippen MR) is 99.4 cm³/mol. The standard InChI is InChI=1S/C18H17F4N3O4S/c19-13-3-1-2-12(10-13)11-16(26)23-8-9-24-30(28,29)15-6-4-14(5-7-15)25-17(27)18(20,21)22/h1-7,10,24H,8-9,11H2,(H,23,26)(H,25,27). The largest absolute Gasteiger partial charge is 0.471 e. The molecule has 0 saturated carbocycles. The Kier molecular flexibility index (Phi) is 7.51. The highest BCUT2D eigenvalue weighted by Crippen LogP contribution is 2.19. The fraction of sp³-hybridized carbons (Fsp3) is 0.222. The molecule has 3 N–H and O–H groups in total. The number of halogens is 4. The van der Waals surface area contributed by atoms with Crippen molar-refractivity contribution in [2.75, 3.05) is 18.4 Å². The molecule has 0 heterocycles. The second kappa shape index (κ2) is 9.67. The van der Waals surface area contributed by atoms with E-state index in [1.807, 2.05) is 0 Å². The number of nitrogens with one attached hydrogen (secondary N) is 3. The molecule has 0 aliphatic rings. The van der Waals surface area contributed by atoms with Crippen LogP contribution in [0.3, 0.4) is 0 Å². The highest BCUT2D eigenvalue weighted by atomic mass is 32.2. The zero-order valence-corrected chi connectivity index (χ0v) is 16.1. The van der Waals surface area contributed by atoms with E-state index in [1.165, 1.54) is 18.2 Å². The van der Waals surface area contributed by atoms with Gasteiger partial charge in [0.1, 0.15) is 5.82 Å². The fourth-order valence-corrected chi connectivity index (χ4v) is 3.32. The fourth-order valence-electron chi connectivity index (χ4n) is 2.28. The molecule has 0 fully saturated rings. The van der Waals surface area contributed by atoms with Crippen molar-refractivity contribution >= 4 is 27.5 Å². The molecule has 2 rings (SSSR count). The Balaban J connectivity index is 1.82. The number of sulfonamides is 1. The number of hydrogen-bond donors (Lipinski definition) is 3. The van der Waals surface area contributed by atoms with Crippen molar-refractivity contribution in [2.45, 2.75) is 17.5 Å². The van der Waals surface area contributed by atoms with Crippen LogP contribution in [0.4, 0.5) is 23.2 Å². The van der Waals surface area contributed by atoms with Crippen molar-refractivity contribution in [1.29, 1.82) is 0 Å². The van der Waals surface area contributed by atoms with Gasteiger partial charge in [-0.05, 0) is 42.0 Å². The summed E-state index contributed by atoms with van der Waals surface area (Å²) in [6.07, 6.45) is -5.14. The zero-order valence-electron chi connectivity index (χ0n) is 15.3. The Labute approximate surface area is 169 Å². The quantitative estimate of drug-likeness (QED) is 0.425. The number of rotatable bonds is 8. The van der Waals surface area contributed by atoms with Gasteiger partial charge in [-0.2, -0.15) is 13.2 Å². The Bertz CT molecular complexity index is 1010. The average molecular weight is 447 g/mol. The SMILES string of the molecule is O=C(Cc1cccc(F)c1)NCCNS(=O)(=O)c1ccc(NC(=O)C(F)(F)F)cc1. The van der Waals surface area contributed by atoms with E-state index < -0.39 is 33.8 Å². The summed E-state index contributed by atoms with van der Waals surface area (Å²) >= 11 is 0. The van der Waals surface area contributed by atoms with Crippen molar-refractivity contribution in [3.05, 3.63) is 59.9 Å². The molecule has 0 spiro atoms. The normalized spacial score (nSPS) is 11.7. The van der Waals surface area contributed by atoms with Crippen LogP contribution in [0.2, 0.25) is 0 Å². The van der Waals surface area contributed by atoms with E-state index in [-0.39, 0.29) is 30.1 Å². The van der Waals surface area contributed by atoms with Gasteiger partial charge >= 0.3 is 12.1 Å². The van der Waals surface area contributed by atoms with Crippen molar-refractivity contribution in [3.63, 3.8) is 0 Å². The van der Waals surface area contributed by atoms with Crippen molar-refractivity contribution in [1.82, 2.24) is 10.0 Å². The van der Waals surface area contributed by atoms with Gasteiger partial charge in [0.15, 0.2) is 0 Å². The number of carbonyl (C=O) groups is 2. The van der Waals surface area contributed by atoms with E-state index in [0.29, 0.717) is 5.56 Å². The summed E-state index contributed by atoms with van der Waals surface area (Å²) in [5, 5.41) is 4.08. The van der Waals surface area contributed by atoms with Crippen LogP contribution < -0.4 is 15.4 Å². The Morgan fingerprint density at radius 3 is 2.23 bits per heavy atom. The van der Waals surface area contributed by atoms with Crippen LogP contribution in [0.25, 0.3) is 0 Å².